The van der Waals surface area contributed by atoms with Gasteiger partial charge < -0.3 is 10.1 Å². The van der Waals surface area contributed by atoms with Crippen LogP contribution in [0.4, 0.5) is 0 Å². The van der Waals surface area contributed by atoms with E-state index in [9.17, 15) is 13.2 Å². The van der Waals surface area contributed by atoms with Gasteiger partial charge in [0, 0.05) is 12.6 Å². The molecule has 1 aromatic rings. The number of sulfonamides is 1. The summed E-state index contributed by atoms with van der Waals surface area (Å²) in [5.74, 6) is -0.547. The number of esters is 1. The van der Waals surface area contributed by atoms with Crippen LogP contribution in [0.3, 0.4) is 0 Å². The third-order valence-corrected chi connectivity index (χ3v) is 6.47. The average molecular weight is 369 g/mol. The minimum absolute atomic E-state index is 0.0739. The second-order valence-corrected chi connectivity index (χ2v) is 8.10. The second kappa shape index (κ2) is 5.88. The number of methoxy groups -OCH3 is 1. The van der Waals surface area contributed by atoms with E-state index in [-0.39, 0.29) is 15.8 Å². The van der Waals surface area contributed by atoms with E-state index in [2.05, 4.69) is 30.7 Å². The summed E-state index contributed by atoms with van der Waals surface area (Å²) in [4.78, 5) is 11.7. The first-order valence-electron chi connectivity index (χ1n) is 5.54. The van der Waals surface area contributed by atoms with Crippen molar-refractivity contribution in [2.45, 2.75) is 17.4 Å². The van der Waals surface area contributed by atoms with Crippen molar-refractivity contribution in [1.29, 1.82) is 0 Å². The molecule has 106 valence electrons. The first kappa shape index (κ1) is 14.9. The van der Waals surface area contributed by atoms with E-state index < -0.39 is 16.0 Å². The lowest BCUT2D eigenvalue weighted by atomic mass is 10.3. The van der Waals surface area contributed by atoms with Crippen LogP contribution in [0.2, 0.25) is 0 Å². The Bertz CT molecular complexity index is 578. The number of rotatable bonds is 4. The monoisotopic (exact) mass is 368 g/mol. The Kier molecular flexibility index (Phi) is 4.62. The summed E-state index contributed by atoms with van der Waals surface area (Å²) in [7, 11) is -2.37. The Labute approximate surface area is 123 Å². The first-order chi connectivity index (χ1) is 8.94. The molecule has 1 saturated heterocycles. The molecular formula is C10H13BrN2O4S2. The minimum atomic E-state index is -3.63. The zero-order valence-electron chi connectivity index (χ0n) is 10.1. The predicted octanol–water partition coefficient (Wildman–Crippen LogP) is 0.937. The van der Waals surface area contributed by atoms with Gasteiger partial charge in [-0.1, -0.05) is 0 Å². The molecule has 2 heterocycles. The Morgan fingerprint density at radius 2 is 2.37 bits per heavy atom. The smallest absolute Gasteiger partial charge is 0.348 e. The Morgan fingerprint density at radius 1 is 1.63 bits per heavy atom. The van der Waals surface area contributed by atoms with Crippen molar-refractivity contribution in [2.24, 2.45) is 0 Å². The number of ether oxygens (including phenoxy) is 1. The van der Waals surface area contributed by atoms with Crippen LogP contribution >= 0.6 is 27.3 Å². The molecule has 0 amide bonds. The van der Waals surface area contributed by atoms with Crippen molar-refractivity contribution in [1.82, 2.24) is 10.0 Å². The molecule has 6 nitrogen and oxygen atoms in total. The van der Waals surface area contributed by atoms with E-state index in [0.29, 0.717) is 10.3 Å². The standard InChI is InChI=1S/C10H13BrN2O4S2/c1-17-10(14)7-4-8(9(11)18-7)19(15,16)13-6-2-3-12-5-6/h4,6,12-13H,2-3,5H2,1H3/t6-/m1/s1. The number of halogens is 1. The molecule has 0 radical (unpaired) electrons. The maximum Gasteiger partial charge on any atom is 0.348 e. The fourth-order valence-corrected chi connectivity index (χ4v) is 5.53. The van der Waals surface area contributed by atoms with Gasteiger partial charge in [-0.05, 0) is 35.0 Å². The molecule has 0 spiro atoms. The van der Waals surface area contributed by atoms with Crippen molar-refractivity contribution in [3.05, 3.63) is 14.7 Å². The van der Waals surface area contributed by atoms with Crippen molar-refractivity contribution < 1.29 is 17.9 Å². The van der Waals surface area contributed by atoms with Crippen LogP contribution in [-0.2, 0) is 14.8 Å². The van der Waals surface area contributed by atoms with E-state index in [0.717, 1.165) is 24.3 Å². The summed E-state index contributed by atoms with van der Waals surface area (Å²) in [6, 6.07) is 1.21. The lowest BCUT2D eigenvalue weighted by Gasteiger charge is -2.11. The summed E-state index contributed by atoms with van der Waals surface area (Å²) in [6.07, 6.45) is 0.755. The minimum Gasteiger partial charge on any atom is -0.465 e. The van der Waals surface area contributed by atoms with Crippen LogP contribution in [0, 0.1) is 0 Å². The van der Waals surface area contributed by atoms with E-state index >= 15 is 0 Å². The molecule has 0 saturated carbocycles. The van der Waals surface area contributed by atoms with Crippen molar-refractivity contribution >= 4 is 43.3 Å². The van der Waals surface area contributed by atoms with Gasteiger partial charge in [-0.25, -0.2) is 17.9 Å². The highest BCUT2D eigenvalue weighted by Gasteiger charge is 2.27. The highest BCUT2D eigenvalue weighted by molar-refractivity contribution is 9.11. The quantitative estimate of drug-likeness (QED) is 0.772. The molecule has 0 aromatic carbocycles. The molecule has 1 atom stereocenters. The van der Waals surface area contributed by atoms with Gasteiger partial charge in [0.05, 0.1) is 10.9 Å². The normalized spacial score (nSPS) is 19.6. The third-order valence-electron chi connectivity index (χ3n) is 2.71. The molecule has 2 N–H and O–H groups in total. The van der Waals surface area contributed by atoms with E-state index in [1.54, 1.807) is 0 Å². The van der Waals surface area contributed by atoms with Gasteiger partial charge in [-0.2, -0.15) is 0 Å². The molecule has 1 fully saturated rings. The van der Waals surface area contributed by atoms with E-state index in [1.165, 1.54) is 13.2 Å². The topological polar surface area (TPSA) is 84.5 Å². The maximum absolute atomic E-state index is 12.2. The average Bonchev–Trinajstić information content (AvgIpc) is 2.97. The first-order valence-corrected chi connectivity index (χ1v) is 8.64. The number of thiophene rings is 1. The fraction of sp³-hybridized carbons (Fsp3) is 0.500. The number of carbonyl (C=O) groups is 1. The molecule has 0 aliphatic carbocycles. The van der Waals surface area contributed by atoms with Crippen molar-refractivity contribution in [3.63, 3.8) is 0 Å². The predicted molar refractivity (Wildman–Crippen MR) is 75.0 cm³/mol. The molecule has 0 unspecified atom stereocenters. The highest BCUT2D eigenvalue weighted by atomic mass is 79.9. The van der Waals surface area contributed by atoms with E-state index in [4.69, 9.17) is 0 Å². The Balaban J connectivity index is 2.24. The van der Waals surface area contributed by atoms with Crippen LogP contribution in [0.25, 0.3) is 0 Å². The zero-order chi connectivity index (χ0) is 14.0. The molecule has 2 rings (SSSR count). The molecule has 1 aromatic heterocycles. The summed E-state index contributed by atoms with van der Waals surface area (Å²) in [6.45, 7) is 1.41. The second-order valence-electron chi connectivity index (χ2n) is 4.05. The van der Waals surface area contributed by atoms with Gasteiger partial charge in [0.25, 0.3) is 0 Å². The lowest BCUT2D eigenvalue weighted by Crippen LogP contribution is -2.36. The lowest BCUT2D eigenvalue weighted by molar-refractivity contribution is 0.0606. The highest BCUT2D eigenvalue weighted by Crippen LogP contribution is 2.32. The summed E-state index contributed by atoms with van der Waals surface area (Å²) in [5.41, 5.74) is 0. The summed E-state index contributed by atoms with van der Waals surface area (Å²) >= 11 is 4.21. The van der Waals surface area contributed by atoms with Gasteiger partial charge >= 0.3 is 5.97 Å². The zero-order valence-corrected chi connectivity index (χ0v) is 13.3. The van der Waals surface area contributed by atoms with Gasteiger partial charge in [-0.3, -0.25) is 0 Å². The summed E-state index contributed by atoms with van der Waals surface area (Å²) in [5, 5.41) is 3.08. The van der Waals surface area contributed by atoms with E-state index in [1.807, 2.05) is 0 Å². The molecule has 9 heteroatoms. The van der Waals surface area contributed by atoms with Gasteiger partial charge in [-0.15, -0.1) is 11.3 Å². The number of nitrogens with one attached hydrogen (secondary N) is 2. The molecule has 19 heavy (non-hydrogen) atoms. The number of hydrogen-bond donors (Lipinski definition) is 2. The number of carbonyl (C=O) groups excluding carboxylic acids is 1. The maximum atomic E-state index is 12.2. The molecule has 1 aliphatic rings. The fourth-order valence-electron chi connectivity index (χ4n) is 1.77. The number of hydrogen-bond acceptors (Lipinski definition) is 6. The third kappa shape index (κ3) is 3.34. The van der Waals surface area contributed by atoms with Gasteiger partial charge in [0.15, 0.2) is 0 Å². The molecular weight excluding hydrogens is 356 g/mol. The van der Waals surface area contributed by atoms with Crippen LogP contribution < -0.4 is 10.0 Å². The SMILES string of the molecule is COC(=O)c1cc(S(=O)(=O)N[C@@H]2CCNC2)c(Br)s1. The van der Waals surface area contributed by atoms with Crippen LogP contribution in [0.5, 0.6) is 0 Å². The van der Waals surface area contributed by atoms with Crippen LogP contribution in [-0.4, -0.2) is 40.6 Å². The largest absolute Gasteiger partial charge is 0.465 e. The van der Waals surface area contributed by atoms with Gasteiger partial charge in [0.1, 0.15) is 9.77 Å². The van der Waals surface area contributed by atoms with Gasteiger partial charge in [0.2, 0.25) is 10.0 Å². The van der Waals surface area contributed by atoms with Crippen molar-refractivity contribution in [2.75, 3.05) is 20.2 Å². The van der Waals surface area contributed by atoms with Crippen LogP contribution in [0.1, 0.15) is 16.1 Å². The summed E-state index contributed by atoms with van der Waals surface area (Å²) < 4.78 is 32.0. The van der Waals surface area contributed by atoms with Crippen LogP contribution in [0.15, 0.2) is 14.7 Å². The van der Waals surface area contributed by atoms with Crippen molar-refractivity contribution in [3.8, 4) is 0 Å². The Hall–Kier alpha value is -0.480. The Morgan fingerprint density at radius 3 is 2.95 bits per heavy atom. The molecule has 0 bridgehead atoms. The molecule has 1 aliphatic heterocycles.